The van der Waals surface area contributed by atoms with Crippen LogP contribution in [0.3, 0.4) is 0 Å². The van der Waals surface area contributed by atoms with Gasteiger partial charge in [0.25, 0.3) is 5.91 Å². The Kier molecular flexibility index (Phi) is 4.31. The van der Waals surface area contributed by atoms with Gasteiger partial charge in [0, 0.05) is 43.2 Å². The van der Waals surface area contributed by atoms with Crippen molar-refractivity contribution in [2.45, 2.75) is 27.3 Å². The fourth-order valence-electron chi connectivity index (χ4n) is 2.77. The van der Waals surface area contributed by atoms with Crippen LogP contribution in [0.2, 0.25) is 0 Å². The minimum atomic E-state index is 0.162. The number of carbonyl (C=O) groups is 1. The highest BCUT2D eigenvalue weighted by Crippen LogP contribution is 2.20. The molecule has 2 aromatic rings. The summed E-state index contributed by atoms with van der Waals surface area (Å²) in [6, 6.07) is 3.93. The van der Waals surface area contributed by atoms with Crippen LogP contribution in [-0.4, -0.2) is 47.0 Å². The Labute approximate surface area is 134 Å². The molecule has 1 amide bonds. The number of nitrogens with zero attached hydrogens (tertiary/aromatic N) is 3. The summed E-state index contributed by atoms with van der Waals surface area (Å²) < 4.78 is 5.22. The number of piperazine rings is 1. The van der Waals surface area contributed by atoms with Crippen LogP contribution < -0.4 is 0 Å². The zero-order valence-electron chi connectivity index (χ0n) is 13.3. The van der Waals surface area contributed by atoms with Gasteiger partial charge in [-0.1, -0.05) is 5.16 Å². The van der Waals surface area contributed by atoms with E-state index in [1.54, 1.807) is 11.3 Å². The average Bonchev–Trinajstić information content (AvgIpc) is 3.08. The van der Waals surface area contributed by atoms with Crippen molar-refractivity contribution in [3.05, 3.63) is 38.9 Å². The molecule has 0 atom stereocenters. The predicted molar refractivity (Wildman–Crippen MR) is 86.2 cm³/mol. The summed E-state index contributed by atoms with van der Waals surface area (Å²) in [6.45, 7) is 10.1. The number of hydrogen-bond acceptors (Lipinski definition) is 5. The molecule has 2 aromatic heterocycles. The highest BCUT2D eigenvalue weighted by molar-refractivity contribution is 7.13. The SMILES string of the molecule is Cc1ccc(C(=O)N2CCN(Cc3c(C)noc3C)CC2)s1. The largest absolute Gasteiger partial charge is 0.361 e. The normalized spacial score (nSPS) is 16.2. The molecule has 0 saturated carbocycles. The number of aromatic nitrogens is 1. The van der Waals surface area contributed by atoms with Gasteiger partial charge in [0.2, 0.25) is 0 Å². The van der Waals surface area contributed by atoms with E-state index in [1.807, 2.05) is 37.8 Å². The number of hydrogen-bond donors (Lipinski definition) is 0. The molecule has 0 radical (unpaired) electrons. The minimum absolute atomic E-state index is 0.162. The summed E-state index contributed by atoms with van der Waals surface area (Å²) >= 11 is 1.57. The van der Waals surface area contributed by atoms with E-state index < -0.39 is 0 Å². The van der Waals surface area contributed by atoms with E-state index >= 15 is 0 Å². The molecular formula is C16H21N3O2S. The lowest BCUT2D eigenvalue weighted by Gasteiger charge is -2.34. The van der Waals surface area contributed by atoms with E-state index in [0.29, 0.717) is 0 Å². The zero-order valence-corrected chi connectivity index (χ0v) is 14.1. The molecule has 0 aromatic carbocycles. The Hall–Kier alpha value is -1.66. The fourth-order valence-corrected chi connectivity index (χ4v) is 3.60. The van der Waals surface area contributed by atoms with Gasteiger partial charge in [0.1, 0.15) is 5.76 Å². The standard InChI is InChI=1S/C16H21N3O2S/c1-11-4-5-15(22-11)16(20)19-8-6-18(7-9-19)10-14-12(2)17-21-13(14)3/h4-5H,6-10H2,1-3H3. The van der Waals surface area contributed by atoms with Gasteiger partial charge in [-0.15, -0.1) is 11.3 Å². The van der Waals surface area contributed by atoms with Gasteiger partial charge >= 0.3 is 0 Å². The van der Waals surface area contributed by atoms with E-state index in [4.69, 9.17) is 4.52 Å². The van der Waals surface area contributed by atoms with Crippen LogP contribution in [0.25, 0.3) is 0 Å². The molecule has 0 bridgehead atoms. The van der Waals surface area contributed by atoms with Crippen molar-refractivity contribution >= 4 is 17.2 Å². The third-order valence-corrected chi connectivity index (χ3v) is 5.16. The molecule has 1 saturated heterocycles. The number of amides is 1. The molecule has 3 heterocycles. The van der Waals surface area contributed by atoms with Crippen LogP contribution in [0.5, 0.6) is 0 Å². The van der Waals surface area contributed by atoms with Crippen molar-refractivity contribution in [3.8, 4) is 0 Å². The van der Waals surface area contributed by atoms with Gasteiger partial charge < -0.3 is 9.42 Å². The molecule has 6 heteroatoms. The van der Waals surface area contributed by atoms with Gasteiger partial charge in [-0.05, 0) is 32.9 Å². The van der Waals surface area contributed by atoms with Gasteiger partial charge in [0.15, 0.2) is 0 Å². The molecule has 0 aliphatic carbocycles. The third kappa shape index (κ3) is 3.08. The lowest BCUT2D eigenvalue weighted by atomic mass is 10.1. The summed E-state index contributed by atoms with van der Waals surface area (Å²) in [5, 5.41) is 4.00. The van der Waals surface area contributed by atoms with Crippen LogP contribution in [0, 0.1) is 20.8 Å². The molecular weight excluding hydrogens is 298 g/mol. The van der Waals surface area contributed by atoms with Crippen LogP contribution >= 0.6 is 11.3 Å². The maximum absolute atomic E-state index is 12.4. The summed E-state index contributed by atoms with van der Waals surface area (Å²) in [5.41, 5.74) is 2.14. The molecule has 118 valence electrons. The quantitative estimate of drug-likeness (QED) is 0.872. The number of carbonyl (C=O) groups excluding carboxylic acids is 1. The van der Waals surface area contributed by atoms with Gasteiger partial charge in [-0.25, -0.2) is 0 Å². The highest BCUT2D eigenvalue weighted by atomic mass is 32.1. The van der Waals surface area contributed by atoms with E-state index in [2.05, 4.69) is 10.1 Å². The topological polar surface area (TPSA) is 49.6 Å². The second kappa shape index (κ2) is 6.22. The first-order chi connectivity index (χ1) is 10.5. The van der Waals surface area contributed by atoms with Crippen molar-refractivity contribution in [1.29, 1.82) is 0 Å². The summed E-state index contributed by atoms with van der Waals surface area (Å²) in [7, 11) is 0. The summed E-state index contributed by atoms with van der Waals surface area (Å²) in [6.07, 6.45) is 0. The average molecular weight is 319 g/mol. The van der Waals surface area contributed by atoms with Gasteiger partial charge in [-0.2, -0.15) is 0 Å². The second-order valence-corrected chi connectivity index (χ2v) is 7.07. The molecule has 0 spiro atoms. The van der Waals surface area contributed by atoms with Crippen molar-refractivity contribution < 1.29 is 9.32 Å². The molecule has 5 nitrogen and oxygen atoms in total. The van der Waals surface area contributed by atoms with Gasteiger partial charge in [0.05, 0.1) is 10.6 Å². The van der Waals surface area contributed by atoms with Gasteiger partial charge in [-0.3, -0.25) is 9.69 Å². The predicted octanol–water partition coefficient (Wildman–Crippen LogP) is 2.62. The first-order valence-electron chi connectivity index (χ1n) is 7.54. The number of thiophene rings is 1. The molecule has 22 heavy (non-hydrogen) atoms. The zero-order chi connectivity index (χ0) is 15.7. The molecule has 1 aliphatic rings. The third-order valence-electron chi connectivity index (χ3n) is 4.17. The first kappa shape index (κ1) is 15.2. The Bertz CT molecular complexity index is 649. The first-order valence-corrected chi connectivity index (χ1v) is 8.36. The lowest BCUT2D eigenvalue weighted by Crippen LogP contribution is -2.48. The van der Waals surface area contributed by atoms with Crippen LogP contribution in [0.15, 0.2) is 16.7 Å². The Morgan fingerprint density at radius 1 is 1.23 bits per heavy atom. The second-order valence-electron chi connectivity index (χ2n) is 5.78. The van der Waals surface area contributed by atoms with Crippen molar-refractivity contribution in [3.63, 3.8) is 0 Å². The van der Waals surface area contributed by atoms with Crippen molar-refractivity contribution in [1.82, 2.24) is 15.0 Å². The Balaban J connectivity index is 1.57. The smallest absolute Gasteiger partial charge is 0.264 e. The molecule has 0 unspecified atom stereocenters. The van der Waals surface area contributed by atoms with E-state index in [9.17, 15) is 4.79 Å². The van der Waals surface area contributed by atoms with E-state index in [0.717, 1.165) is 49.1 Å². The minimum Gasteiger partial charge on any atom is -0.361 e. The van der Waals surface area contributed by atoms with Crippen molar-refractivity contribution in [2.24, 2.45) is 0 Å². The maximum atomic E-state index is 12.4. The highest BCUT2D eigenvalue weighted by Gasteiger charge is 2.24. The molecule has 1 aliphatic heterocycles. The number of rotatable bonds is 3. The Morgan fingerprint density at radius 2 is 1.95 bits per heavy atom. The monoisotopic (exact) mass is 319 g/mol. The number of aryl methyl sites for hydroxylation is 3. The molecule has 3 rings (SSSR count). The molecule has 0 N–H and O–H groups in total. The fraction of sp³-hybridized carbons (Fsp3) is 0.500. The van der Waals surface area contributed by atoms with E-state index in [1.165, 1.54) is 10.4 Å². The summed E-state index contributed by atoms with van der Waals surface area (Å²) in [4.78, 5) is 18.8. The van der Waals surface area contributed by atoms with E-state index in [-0.39, 0.29) is 5.91 Å². The van der Waals surface area contributed by atoms with Crippen LogP contribution in [0.4, 0.5) is 0 Å². The lowest BCUT2D eigenvalue weighted by molar-refractivity contribution is 0.0632. The van der Waals surface area contributed by atoms with Crippen LogP contribution in [-0.2, 0) is 6.54 Å². The Morgan fingerprint density at radius 3 is 2.50 bits per heavy atom. The maximum Gasteiger partial charge on any atom is 0.264 e. The summed E-state index contributed by atoms with van der Waals surface area (Å²) in [5.74, 6) is 1.06. The van der Waals surface area contributed by atoms with Crippen molar-refractivity contribution in [2.75, 3.05) is 26.2 Å². The van der Waals surface area contributed by atoms with Crippen LogP contribution in [0.1, 0.15) is 31.6 Å². The molecule has 1 fully saturated rings.